The van der Waals surface area contributed by atoms with E-state index in [0.29, 0.717) is 6.54 Å². The van der Waals surface area contributed by atoms with Crippen LogP contribution in [0.4, 0.5) is 5.69 Å². The molecule has 3 N–H and O–H groups in total. The fourth-order valence-electron chi connectivity index (χ4n) is 2.16. The Balaban J connectivity index is 2.06. The average molecular weight is 272 g/mol. The fraction of sp³-hybridized carbons (Fsp3) is 0.333. The van der Waals surface area contributed by atoms with E-state index in [-0.39, 0.29) is 12.3 Å². The number of rotatable bonds is 7. The van der Waals surface area contributed by atoms with E-state index in [2.05, 4.69) is 21.8 Å². The van der Waals surface area contributed by atoms with Gasteiger partial charge in [0.15, 0.2) is 0 Å². The van der Waals surface area contributed by atoms with Crippen molar-refractivity contribution >= 4 is 11.6 Å². The number of carbonyl (C=O) groups is 1. The minimum absolute atomic E-state index is 0.243. The Kier molecular flexibility index (Phi) is 4.76. The summed E-state index contributed by atoms with van der Waals surface area (Å²) in [5, 5.41) is 3.33. The van der Waals surface area contributed by atoms with Gasteiger partial charge in [-0.05, 0) is 18.1 Å². The number of primary amides is 1. The van der Waals surface area contributed by atoms with Gasteiger partial charge in [0, 0.05) is 24.6 Å². The second-order valence-electron chi connectivity index (χ2n) is 4.69. The van der Waals surface area contributed by atoms with Crippen molar-refractivity contribution in [2.24, 2.45) is 5.73 Å². The highest BCUT2D eigenvalue weighted by atomic mass is 16.1. The lowest BCUT2D eigenvalue weighted by molar-refractivity contribution is -0.117. The quantitative estimate of drug-likeness (QED) is 0.809. The molecule has 5 heteroatoms. The van der Waals surface area contributed by atoms with Crippen LogP contribution in [0.3, 0.4) is 0 Å². The Morgan fingerprint density at radius 3 is 2.95 bits per heavy atom. The van der Waals surface area contributed by atoms with E-state index < -0.39 is 0 Å². The number of para-hydroxylation sites is 1. The maximum atomic E-state index is 11.1. The first-order chi connectivity index (χ1) is 9.70. The second kappa shape index (κ2) is 6.75. The summed E-state index contributed by atoms with van der Waals surface area (Å²) in [6.07, 6.45) is 5.10. The van der Waals surface area contributed by atoms with Crippen LogP contribution in [0.15, 0.2) is 36.7 Å². The molecule has 2 rings (SSSR count). The van der Waals surface area contributed by atoms with Crippen LogP contribution >= 0.6 is 0 Å². The molecule has 1 amide bonds. The van der Waals surface area contributed by atoms with Gasteiger partial charge in [0.05, 0.1) is 13.0 Å². The topological polar surface area (TPSA) is 72.9 Å². The molecule has 0 atom stereocenters. The van der Waals surface area contributed by atoms with Crippen molar-refractivity contribution in [3.8, 4) is 0 Å². The van der Waals surface area contributed by atoms with Crippen LogP contribution in [0.2, 0.25) is 0 Å². The van der Waals surface area contributed by atoms with Crippen molar-refractivity contribution in [3.05, 3.63) is 48.0 Å². The summed E-state index contributed by atoms with van der Waals surface area (Å²) in [6, 6.07) is 7.70. The molecular formula is C15H20N4O. The van der Waals surface area contributed by atoms with Gasteiger partial charge in [-0.2, -0.15) is 0 Å². The lowest BCUT2D eigenvalue weighted by Crippen LogP contribution is -2.15. The van der Waals surface area contributed by atoms with E-state index in [0.717, 1.165) is 30.0 Å². The summed E-state index contributed by atoms with van der Waals surface area (Å²) < 4.78 is 2.13. The molecule has 0 aliphatic carbocycles. The van der Waals surface area contributed by atoms with E-state index in [9.17, 15) is 4.79 Å². The summed E-state index contributed by atoms with van der Waals surface area (Å²) in [6.45, 7) is 3.72. The van der Waals surface area contributed by atoms with Crippen LogP contribution in [0, 0.1) is 0 Å². The molecule has 0 aliphatic rings. The standard InChI is InChI=1S/C15H20N4O/c1-2-8-19-9-7-17-15(19)11-18-13-6-4-3-5-12(13)10-14(16)20/h3-7,9,18H,2,8,10-11H2,1H3,(H2,16,20). The maximum Gasteiger partial charge on any atom is 0.221 e. The predicted molar refractivity (Wildman–Crippen MR) is 79.2 cm³/mol. The highest BCUT2D eigenvalue weighted by molar-refractivity contribution is 5.78. The summed E-state index contributed by atoms with van der Waals surface area (Å²) in [4.78, 5) is 15.4. The molecule has 1 heterocycles. The van der Waals surface area contributed by atoms with Crippen LogP contribution in [0.1, 0.15) is 24.7 Å². The van der Waals surface area contributed by atoms with Gasteiger partial charge in [-0.15, -0.1) is 0 Å². The molecule has 0 saturated heterocycles. The first-order valence-electron chi connectivity index (χ1n) is 6.80. The molecule has 0 unspecified atom stereocenters. The number of carbonyl (C=O) groups excluding carboxylic acids is 1. The molecule has 5 nitrogen and oxygen atoms in total. The minimum atomic E-state index is -0.327. The Labute approximate surface area is 118 Å². The van der Waals surface area contributed by atoms with Gasteiger partial charge in [-0.3, -0.25) is 4.79 Å². The molecule has 0 radical (unpaired) electrons. The molecule has 1 aromatic heterocycles. The molecular weight excluding hydrogens is 252 g/mol. The van der Waals surface area contributed by atoms with Gasteiger partial charge in [-0.1, -0.05) is 25.1 Å². The first kappa shape index (κ1) is 14.1. The van der Waals surface area contributed by atoms with Gasteiger partial charge in [0.1, 0.15) is 5.82 Å². The highest BCUT2D eigenvalue weighted by Gasteiger charge is 2.06. The van der Waals surface area contributed by atoms with E-state index in [4.69, 9.17) is 5.73 Å². The first-order valence-corrected chi connectivity index (χ1v) is 6.80. The largest absolute Gasteiger partial charge is 0.378 e. The summed E-state index contributed by atoms with van der Waals surface area (Å²) in [5.41, 5.74) is 7.10. The SMILES string of the molecule is CCCn1ccnc1CNc1ccccc1CC(N)=O. The van der Waals surface area contributed by atoms with Crippen LogP contribution in [0.25, 0.3) is 0 Å². The molecule has 0 fully saturated rings. The normalized spacial score (nSPS) is 10.4. The zero-order chi connectivity index (χ0) is 14.4. The van der Waals surface area contributed by atoms with Crippen molar-refractivity contribution in [1.29, 1.82) is 0 Å². The monoisotopic (exact) mass is 272 g/mol. The molecule has 106 valence electrons. The number of aryl methyl sites for hydroxylation is 1. The highest BCUT2D eigenvalue weighted by Crippen LogP contribution is 2.16. The molecule has 20 heavy (non-hydrogen) atoms. The maximum absolute atomic E-state index is 11.1. The van der Waals surface area contributed by atoms with Crippen molar-refractivity contribution in [2.75, 3.05) is 5.32 Å². The molecule has 1 aromatic carbocycles. The number of aromatic nitrogens is 2. The zero-order valence-corrected chi connectivity index (χ0v) is 11.7. The molecule has 0 saturated carbocycles. The van der Waals surface area contributed by atoms with Gasteiger partial charge in [-0.25, -0.2) is 4.98 Å². The fourth-order valence-corrected chi connectivity index (χ4v) is 2.16. The van der Waals surface area contributed by atoms with Crippen LogP contribution in [0.5, 0.6) is 0 Å². The number of amides is 1. The number of imidazole rings is 1. The number of anilines is 1. The van der Waals surface area contributed by atoms with Crippen LogP contribution in [-0.2, 0) is 24.3 Å². The van der Waals surface area contributed by atoms with Gasteiger partial charge >= 0.3 is 0 Å². The third-order valence-corrected chi connectivity index (χ3v) is 3.09. The van der Waals surface area contributed by atoms with Gasteiger partial charge < -0.3 is 15.6 Å². The predicted octanol–water partition coefficient (Wildman–Crippen LogP) is 1.93. The second-order valence-corrected chi connectivity index (χ2v) is 4.69. The Morgan fingerprint density at radius 2 is 2.20 bits per heavy atom. The lowest BCUT2D eigenvalue weighted by Gasteiger charge is -2.12. The smallest absolute Gasteiger partial charge is 0.221 e. The molecule has 0 bridgehead atoms. The van der Waals surface area contributed by atoms with Crippen LogP contribution in [-0.4, -0.2) is 15.5 Å². The number of nitrogens with two attached hydrogens (primary N) is 1. The summed E-state index contributed by atoms with van der Waals surface area (Å²) >= 11 is 0. The summed E-state index contributed by atoms with van der Waals surface area (Å²) in [7, 11) is 0. The molecule has 0 aliphatic heterocycles. The van der Waals surface area contributed by atoms with E-state index >= 15 is 0 Å². The molecule has 2 aromatic rings. The number of nitrogens with zero attached hydrogens (tertiary/aromatic N) is 2. The molecule has 0 spiro atoms. The van der Waals surface area contributed by atoms with E-state index in [1.165, 1.54) is 0 Å². The minimum Gasteiger partial charge on any atom is -0.378 e. The Hall–Kier alpha value is -2.30. The van der Waals surface area contributed by atoms with Crippen molar-refractivity contribution < 1.29 is 4.79 Å². The number of benzene rings is 1. The third kappa shape index (κ3) is 3.60. The van der Waals surface area contributed by atoms with Crippen molar-refractivity contribution in [1.82, 2.24) is 9.55 Å². The Morgan fingerprint density at radius 1 is 1.40 bits per heavy atom. The lowest BCUT2D eigenvalue weighted by atomic mass is 10.1. The van der Waals surface area contributed by atoms with Crippen molar-refractivity contribution in [2.45, 2.75) is 32.9 Å². The van der Waals surface area contributed by atoms with E-state index in [1.807, 2.05) is 36.7 Å². The van der Waals surface area contributed by atoms with Gasteiger partial charge in [0.25, 0.3) is 0 Å². The Bertz CT molecular complexity index is 577. The summed E-state index contributed by atoms with van der Waals surface area (Å²) in [5.74, 6) is 0.660. The number of nitrogens with one attached hydrogen (secondary N) is 1. The zero-order valence-electron chi connectivity index (χ0n) is 11.7. The van der Waals surface area contributed by atoms with Crippen molar-refractivity contribution in [3.63, 3.8) is 0 Å². The number of hydrogen-bond acceptors (Lipinski definition) is 3. The van der Waals surface area contributed by atoms with Crippen LogP contribution < -0.4 is 11.1 Å². The third-order valence-electron chi connectivity index (χ3n) is 3.09. The average Bonchev–Trinajstić information content (AvgIpc) is 2.85. The van der Waals surface area contributed by atoms with E-state index in [1.54, 1.807) is 0 Å². The number of hydrogen-bond donors (Lipinski definition) is 2. The van der Waals surface area contributed by atoms with Gasteiger partial charge in [0.2, 0.25) is 5.91 Å².